The van der Waals surface area contributed by atoms with Crippen LogP contribution in [0.1, 0.15) is 35.2 Å². The molecule has 0 aliphatic carbocycles. The van der Waals surface area contributed by atoms with E-state index in [0.29, 0.717) is 24.5 Å². The molecular formula is C21H27N3O4. The molecule has 2 atom stereocenters. The van der Waals surface area contributed by atoms with Crippen LogP contribution in [0.4, 0.5) is 5.82 Å². The lowest BCUT2D eigenvalue weighted by Gasteiger charge is -2.25. The fourth-order valence-corrected chi connectivity index (χ4v) is 3.31. The number of aliphatic hydroxyl groups is 2. The highest BCUT2D eigenvalue weighted by Crippen LogP contribution is 2.21. The molecule has 0 fully saturated rings. The topological polar surface area (TPSA) is 109 Å². The molecule has 0 unspecified atom stereocenters. The molecular weight excluding hydrogens is 358 g/mol. The highest BCUT2D eigenvalue weighted by atomic mass is 16.5. The summed E-state index contributed by atoms with van der Waals surface area (Å²) in [6.07, 6.45) is 2.30. The molecule has 1 aromatic heterocycles. The fourth-order valence-electron chi connectivity index (χ4n) is 3.31. The van der Waals surface area contributed by atoms with Crippen molar-refractivity contribution in [3.05, 3.63) is 53.7 Å². The Morgan fingerprint density at radius 2 is 1.96 bits per heavy atom. The number of aryl methyl sites for hydroxylation is 1. The summed E-state index contributed by atoms with van der Waals surface area (Å²) in [6, 6.07) is 10.9. The molecule has 28 heavy (non-hydrogen) atoms. The van der Waals surface area contributed by atoms with Gasteiger partial charge in [0.05, 0.1) is 6.10 Å². The third-order valence-electron chi connectivity index (χ3n) is 4.96. The number of anilines is 1. The SMILES string of the molecule is Nc1cc(C(=O)N2CCCCc3ccccc3OC[C@@H](O)[C@@H](O)CC2)ccn1. The van der Waals surface area contributed by atoms with Gasteiger partial charge >= 0.3 is 0 Å². The highest BCUT2D eigenvalue weighted by Gasteiger charge is 2.22. The second kappa shape index (κ2) is 9.52. The number of pyridine rings is 1. The van der Waals surface area contributed by atoms with Crippen molar-refractivity contribution in [1.29, 1.82) is 0 Å². The summed E-state index contributed by atoms with van der Waals surface area (Å²) in [4.78, 5) is 18.5. The molecule has 150 valence electrons. The molecule has 4 N–H and O–H groups in total. The first-order chi connectivity index (χ1) is 13.5. The van der Waals surface area contributed by atoms with Crippen molar-refractivity contribution in [1.82, 2.24) is 9.88 Å². The van der Waals surface area contributed by atoms with Gasteiger partial charge in [0.2, 0.25) is 0 Å². The van der Waals surface area contributed by atoms with Crippen molar-refractivity contribution in [2.75, 3.05) is 25.4 Å². The Morgan fingerprint density at radius 1 is 1.14 bits per heavy atom. The third kappa shape index (κ3) is 5.21. The molecule has 0 radical (unpaired) electrons. The van der Waals surface area contributed by atoms with Gasteiger partial charge in [-0.05, 0) is 49.4 Å². The Hall–Kier alpha value is -2.64. The normalized spacial score (nSPS) is 21.4. The maximum Gasteiger partial charge on any atom is 0.254 e. The maximum absolute atomic E-state index is 12.9. The van der Waals surface area contributed by atoms with Crippen LogP contribution in [0, 0.1) is 0 Å². The highest BCUT2D eigenvalue weighted by molar-refractivity contribution is 5.94. The van der Waals surface area contributed by atoms with E-state index in [2.05, 4.69) is 4.98 Å². The number of amides is 1. The summed E-state index contributed by atoms with van der Waals surface area (Å²) in [5.41, 5.74) is 7.23. The number of rotatable bonds is 1. The quantitative estimate of drug-likeness (QED) is 0.688. The van der Waals surface area contributed by atoms with E-state index in [1.165, 1.54) is 6.20 Å². The zero-order chi connectivity index (χ0) is 19.9. The number of ether oxygens (including phenoxy) is 1. The Bertz CT molecular complexity index is 799. The number of carbonyl (C=O) groups is 1. The molecule has 7 heteroatoms. The van der Waals surface area contributed by atoms with Gasteiger partial charge in [-0.3, -0.25) is 4.79 Å². The number of carbonyl (C=O) groups excluding carboxylic acids is 1. The number of benzene rings is 1. The van der Waals surface area contributed by atoms with Crippen LogP contribution >= 0.6 is 0 Å². The predicted octanol–water partition coefficient (Wildman–Crippen LogP) is 1.63. The molecule has 0 saturated carbocycles. The second-order valence-corrected chi connectivity index (χ2v) is 7.06. The van der Waals surface area contributed by atoms with Gasteiger partial charge in [-0.25, -0.2) is 4.98 Å². The number of nitrogens with two attached hydrogens (primary N) is 1. The first-order valence-corrected chi connectivity index (χ1v) is 9.62. The zero-order valence-corrected chi connectivity index (χ0v) is 15.8. The number of hydrogen-bond acceptors (Lipinski definition) is 6. The van der Waals surface area contributed by atoms with Crippen LogP contribution in [0.2, 0.25) is 0 Å². The molecule has 1 amide bonds. The van der Waals surface area contributed by atoms with Crippen molar-refractivity contribution >= 4 is 11.7 Å². The van der Waals surface area contributed by atoms with Crippen LogP contribution in [0.15, 0.2) is 42.6 Å². The average Bonchev–Trinajstić information content (AvgIpc) is 2.71. The fraction of sp³-hybridized carbons (Fsp3) is 0.429. The number of nitrogens with zero attached hydrogens (tertiary/aromatic N) is 2. The Kier molecular flexibility index (Phi) is 6.84. The smallest absolute Gasteiger partial charge is 0.254 e. The lowest BCUT2D eigenvalue weighted by Crippen LogP contribution is -2.38. The minimum Gasteiger partial charge on any atom is -0.491 e. The van der Waals surface area contributed by atoms with Crippen molar-refractivity contribution in [3.63, 3.8) is 0 Å². The van der Waals surface area contributed by atoms with Crippen molar-refractivity contribution in [2.45, 2.75) is 37.9 Å². The summed E-state index contributed by atoms with van der Waals surface area (Å²) >= 11 is 0. The standard InChI is InChI=1S/C21H27N3O4/c22-20-13-16(8-10-23-20)21(27)24-11-4-3-6-15-5-1-2-7-19(15)28-14-18(26)17(25)9-12-24/h1-2,5,7-8,10,13,17-18,25-26H,3-4,6,9,11-12,14H2,(H2,22,23)/t17-,18+/m0/s1. The molecule has 0 spiro atoms. The van der Waals surface area contributed by atoms with Crippen LogP contribution in [0.3, 0.4) is 0 Å². The molecule has 2 heterocycles. The average molecular weight is 385 g/mol. The van der Waals surface area contributed by atoms with Gasteiger partial charge in [0, 0.05) is 24.8 Å². The van der Waals surface area contributed by atoms with Crippen LogP contribution in [0.5, 0.6) is 5.75 Å². The number of fused-ring (bicyclic) bond motifs is 1. The van der Waals surface area contributed by atoms with Crippen LogP contribution in [0.25, 0.3) is 0 Å². The minimum atomic E-state index is -1.03. The van der Waals surface area contributed by atoms with Crippen LogP contribution in [-0.4, -0.2) is 57.9 Å². The zero-order valence-electron chi connectivity index (χ0n) is 15.8. The molecule has 0 saturated heterocycles. The Labute approximate surface area is 164 Å². The lowest BCUT2D eigenvalue weighted by atomic mass is 10.1. The van der Waals surface area contributed by atoms with E-state index in [1.54, 1.807) is 17.0 Å². The molecule has 2 aromatic rings. The van der Waals surface area contributed by atoms with E-state index in [0.717, 1.165) is 30.6 Å². The Morgan fingerprint density at radius 3 is 2.79 bits per heavy atom. The van der Waals surface area contributed by atoms with Gasteiger partial charge in [-0.15, -0.1) is 0 Å². The number of aliphatic hydroxyl groups excluding tert-OH is 2. The van der Waals surface area contributed by atoms with Crippen molar-refractivity contribution in [3.8, 4) is 5.75 Å². The van der Waals surface area contributed by atoms with E-state index in [-0.39, 0.29) is 18.9 Å². The van der Waals surface area contributed by atoms with Crippen LogP contribution in [-0.2, 0) is 6.42 Å². The first-order valence-electron chi connectivity index (χ1n) is 9.62. The van der Waals surface area contributed by atoms with E-state index >= 15 is 0 Å². The van der Waals surface area contributed by atoms with Gasteiger partial charge in [0.1, 0.15) is 24.3 Å². The lowest BCUT2D eigenvalue weighted by molar-refractivity contribution is -0.0150. The van der Waals surface area contributed by atoms with E-state index in [9.17, 15) is 15.0 Å². The molecule has 3 rings (SSSR count). The van der Waals surface area contributed by atoms with Crippen molar-refractivity contribution in [2.24, 2.45) is 0 Å². The molecule has 0 bridgehead atoms. The monoisotopic (exact) mass is 385 g/mol. The summed E-state index contributed by atoms with van der Waals surface area (Å²) in [6.45, 7) is 0.909. The number of nitrogen functional groups attached to an aromatic ring is 1. The van der Waals surface area contributed by atoms with Gasteiger partial charge < -0.3 is 25.6 Å². The first kappa shape index (κ1) is 20.1. The van der Waals surface area contributed by atoms with E-state index < -0.39 is 12.2 Å². The summed E-state index contributed by atoms with van der Waals surface area (Å²) in [7, 11) is 0. The predicted molar refractivity (Wildman–Crippen MR) is 106 cm³/mol. The largest absolute Gasteiger partial charge is 0.491 e. The van der Waals surface area contributed by atoms with Gasteiger partial charge in [-0.2, -0.15) is 0 Å². The van der Waals surface area contributed by atoms with Gasteiger partial charge in [0.25, 0.3) is 5.91 Å². The number of para-hydroxylation sites is 1. The Balaban J connectivity index is 1.75. The molecule has 7 nitrogen and oxygen atoms in total. The molecule has 1 aliphatic rings. The number of hydrogen-bond donors (Lipinski definition) is 3. The van der Waals surface area contributed by atoms with Crippen LogP contribution < -0.4 is 10.5 Å². The summed E-state index contributed by atoms with van der Waals surface area (Å²) in [5.74, 6) is 0.872. The van der Waals surface area contributed by atoms with E-state index in [1.807, 2.05) is 24.3 Å². The third-order valence-corrected chi connectivity index (χ3v) is 4.96. The van der Waals surface area contributed by atoms with Gasteiger partial charge in [-0.1, -0.05) is 18.2 Å². The minimum absolute atomic E-state index is 0.00696. The molecule has 1 aliphatic heterocycles. The summed E-state index contributed by atoms with van der Waals surface area (Å²) in [5, 5.41) is 20.5. The van der Waals surface area contributed by atoms with E-state index in [4.69, 9.17) is 10.5 Å². The van der Waals surface area contributed by atoms with Gasteiger partial charge in [0.15, 0.2) is 0 Å². The maximum atomic E-state index is 12.9. The second-order valence-electron chi connectivity index (χ2n) is 7.06. The number of aromatic nitrogens is 1. The summed E-state index contributed by atoms with van der Waals surface area (Å²) < 4.78 is 5.73. The van der Waals surface area contributed by atoms with Crippen molar-refractivity contribution < 1.29 is 19.7 Å². The molecule has 1 aromatic carbocycles.